The van der Waals surface area contributed by atoms with E-state index in [1.807, 2.05) is 60.3 Å². The highest BCUT2D eigenvalue weighted by molar-refractivity contribution is 5.89. The largest absolute Gasteiger partial charge is 0.508 e. The van der Waals surface area contributed by atoms with Crippen molar-refractivity contribution in [2.75, 3.05) is 6.67 Å². The van der Waals surface area contributed by atoms with Crippen molar-refractivity contribution < 1.29 is 5.11 Å². The number of allylic oxidation sites excluding steroid dienone is 1. The van der Waals surface area contributed by atoms with Gasteiger partial charge in [0.2, 0.25) is 0 Å². The Morgan fingerprint density at radius 2 is 2.04 bits per heavy atom. The summed E-state index contributed by atoms with van der Waals surface area (Å²) >= 11 is 0. The predicted octanol–water partition coefficient (Wildman–Crippen LogP) is 3.24. The fraction of sp³-hybridized carbons (Fsp3) is 0.182. The monoisotopic (exact) mass is 373 g/mol. The number of nitrogens with two attached hydrogens (primary N) is 1. The normalized spacial score (nSPS) is 14.4. The average Bonchev–Trinajstić information content (AvgIpc) is 3.12. The number of phenolic OH excluding ortho intramolecular Hbond substituents is 1. The zero-order valence-electron chi connectivity index (χ0n) is 15.7. The summed E-state index contributed by atoms with van der Waals surface area (Å²) in [5.41, 5.74) is 12.0. The molecular weight excluding hydrogens is 350 g/mol. The Labute approximate surface area is 164 Å². The Morgan fingerprint density at radius 3 is 2.75 bits per heavy atom. The number of phenols is 1. The molecule has 0 aliphatic carbocycles. The van der Waals surface area contributed by atoms with Gasteiger partial charge in [-0.2, -0.15) is 5.10 Å². The van der Waals surface area contributed by atoms with Crippen LogP contribution in [-0.4, -0.2) is 27.8 Å². The lowest BCUT2D eigenvalue weighted by Crippen LogP contribution is -2.18. The van der Waals surface area contributed by atoms with E-state index in [-0.39, 0.29) is 11.8 Å². The zero-order chi connectivity index (χ0) is 19.5. The van der Waals surface area contributed by atoms with Crippen LogP contribution in [0.2, 0.25) is 0 Å². The molecule has 0 radical (unpaired) electrons. The van der Waals surface area contributed by atoms with Crippen LogP contribution in [0.3, 0.4) is 0 Å². The summed E-state index contributed by atoms with van der Waals surface area (Å²) in [5, 5.41) is 18.1. The zero-order valence-corrected chi connectivity index (χ0v) is 15.7. The van der Waals surface area contributed by atoms with E-state index >= 15 is 0 Å². The van der Waals surface area contributed by atoms with E-state index in [2.05, 4.69) is 10.3 Å². The van der Waals surface area contributed by atoms with Gasteiger partial charge >= 0.3 is 0 Å². The van der Waals surface area contributed by atoms with Gasteiger partial charge in [-0.15, -0.1) is 0 Å². The lowest BCUT2D eigenvalue weighted by molar-refractivity contribution is 0.475. The van der Waals surface area contributed by atoms with Crippen molar-refractivity contribution in [3.8, 4) is 17.0 Å². The fourth-order valence-corrected chi connectivity index (χ4v) is 3.39. The molecule has 1 aliphatic heterocycles. The second kappa shape index (κ2) is 7.70. The molecule has 142 valence electrons. The molecule has 28 heavy (non-hydrogen) atoms. The third kappa shape index (κ3) is 3.82. The Hall–Kier alpha value is -3.38. The summed E-state index contributed by atoms with van der Waals surface area (Å²) in [5.74, 6) is 0.226. The van der Waals surface area contributed by atoms with E-state index in [1.54, 1.807) is 18.3 Å². The molecule has 0 saturated heterocycles. The Balaban J connectivity index is 1.74. The highest BCUT2D eigenvalue weighted by Crippen LogP contribution is 2.30. The van der Waals surface area contributed by atoms with Gasteiger partial charge in [-0.25, -0.2) is 0 Å². The maximum Gasteiger partial charge on any atom is 0.116 e. The molecular formula is C22H23N5O. The SMILES string of the molecule is Cc1cc(O)cc(-c2nn(C[C@H](N)c3ccccc3)cc2C2=CC=NCN2)c1. The number of nitrogens with one attached hydrogen (secondary N) is 1. The molecule has 3 aromatic rings. The van der Waals surface area contributed by atoms with Crippen molar-refractivity contribution in [1.82, 2.24) is 15.1 Å². The van der Waals surface area contributed by atoms with Crippen LogP contribution in [0.15, 0.2) is 65.8 Å². The summed E-state index contributed by atoms with van der Waals surface area (Å²) in [6.45, 7) is 3.03. The van der Waals surface area contributed by atoms with Crippen LogP contribution in [0.4, 0.5) is 0 Å². The Morgan fingerprint density at radius 1 is 1.21 bits per heavy atom. The third-order valence-corrected chi connectivity index (χ3v) is 4.71. The highest BCUT2D eigenvalue weighted by atomic mass is 16.3. The first kappa shape index (κ1) is 18.0. The van der Waals surface area contributed by atoms with E-state index < -0.39 is 0 Å². The summed E-state index contributed by atoms with van der Waals surface area (Å²) in [7, 11) is 0. The maximum absolute atomic E-state index is 10.1. The van der Waals surface area contributed by atoms with E-state index in [4.69, 9.17) is 10.8 Å². The number of aryl methyl sites for hydroxylation is 1. The topological polar surface area (TPSA) is 88.5 Å². The van der Waals surface area contributed by atoms with Crippen molar-refractivity contribution in [2.24, 2.45) is 10.7 Å². The van der Waals surface area contributed by atoms with Gasteiger partial charge in [0.25, 0.3) is 0 Å². The molecule has 2 heterocycles. The van der Waals surface area contributed by atoms with Crippen LogP contribution in [-0.2, 0) is 6.54 Å². The van der Waals surface area contributed by atoms with Crippen LogP contribution >= 0.6 is 0 Å². The number of benzene rings is 2. The molecule has 0 bridgehead atoms. The lowest BCUT2D eigenvalue weighted by Gasteiger charge is -2.12. The second-order valence-electron chi connectivity index (χ2n) is 6.93. The number of hydrogen-bond donors (Lipinski definition) is 3. The molecule has 6 heteroatoms. The number of rotatable bonds is 5. The van der Waals surface area contributed by atoms with Gasteiger partial charge in [0.1, 0.15) is 18.1 Å². The molecule has 0 spiro atoms. The number of aromatic hydroxyl groups is 1. The van der Waals surface area contributed by atoms with Crippen molar-refractivity contribution in [1.29, 1.82) is 0 Å². The molecule has 4 N–H and O–H groups in total. The van der Waals surface area contributed by atoms with Gasteiger partial charge in [0.15, 0.2) is 0 Å². The number of aromatic nitrogens is 2. The third-order valence-electron chi connectivity index (χ3n) is 4.71. The maximum atomic E-state index is 10.1. The number of nitrogens with zero attached hydrogens (tertiary/aromatic N) is 3. The summed E-state index contributed by atoms with van der Waals surface area (Å²) in [6.07, 6.45) is 5.72. The predicted molar refractivity (Wildman–Crippen MR) is 112 cm³/mol. The quantitative estimate of drug-likeness (QED) is 0.641. The molecule has 1 aromatic heterocycles. The fourth-order valence-electron chi connectivity index (χ4n) is 3.39. The first-order chi connectivity index (χ1) is 13.6. The minimum absolute atomic E-state index is 0.164. The van der Waals surface area contributed by atoms with Gasteiger partial charge in [-0.1, -0.05) is 30.3 Å². The summed E-state index contributed by atoms with van der Waals surface area (Å²) < 4.78 is 1.87. The van der Waals surface area contributed by atoms with E-state index in [9.17, 15) is 5.11 Å². The first-order valence-electron chi connectivity index (χ1n) is 9.23. The van der Waals surface area contributed by atoms with Gasteiger partial charge in [-0.3, -0.25) is 9.67 Å². The highest BCUT2D eigenvalue weighted by Gasteiger charge is 2.18. The van der Waals surface area contributed by atoms with Crippen LogP contribution in [0.1, 0.15) is 22.7 Å². The van der Waals surface area contributed by atoms with Gasteiger partial charge in [0, 0.05) is 35.3 Å². The van der Waals surface area contributed by atoms with Gasteiger partial charge in [-0.05, 0) is 42.3 Å². The summed E-state index contributed by atoms with van der Waals surface area (Å²) in [4.78, 5) is 4.18. The van der Waals surface area contributed by atoms with E-state index in [0.717, 1.165) is 33.6 Å². The first-order valence-corrected chi connectivity index (χ1v) is 9.23. The molecule has 1 atom stereocenters. The molecule has 4 rings (SSSR count). The Bertz CT molecular complexity index is 1020. The van der Waals surface area contributed by atoms with Crippen LogP contribution < -0.4 is 11.1 Å². The van der Waals surface area contributed by atoms with Crippen LogP contribution in [0, 0.1) is 6.92 Å². The molecule has 6 nitrogen and oxygen atoms in total. The standard InChI is InChI=1S/C22H23N5O/c1-15-9-17(11-18(28)10-15)22-19(21-7-8-24-14-25-21)12-27(26-22)13-20(23)16-5-3-2-4-6-16/h2-12,20,25,28H,13-14,23H2,1H3/t20-/m0/s1. The van der Waals surface area contributed by atoms with Crippen molar-refractivity contribution in [3.63, 3.8) is 0 Å². The van der Waals surface area contributed by atoms with E-state index in [1.165, 1.54) is 0 Å². The Kier molecular flexibility index (Phi) is 4.95. The van der Waals surface area contributed by atoms with Gasteiger partial charge < -0.3 is 16.2 Å². The van der Waals surface area contributed by atoms with Crippen LogP contribution in [0.25, 0.3) is 17.0 Å². The van der Waals surface area contributed by atoms with Crippen molar-refractivity contribution >= 4 is 11.9 Å². The smallest absolute Gasteiger partial charge is 0.116 e. The van der Waals surface area contributed by atoms with Crippen LogP contribution in [0.5, 0.6) is 5.75 Å². The summed E-state index contributed by atoms with van der Waals surface area (Å²) in [6, 6.07) is 15.3. The van der Waals surface area contributed by atoms with E-state index in [0.29, 0.717) is 13.2 Å². The molecule has 0 amide bonds. The lowest BCUT2D eigenvalue weighted by atomic mass is 10.0. The molecule has 2 aromatic carbocycles. The van der Waals surface area contributed by atoms with Crippen molar-refractivity contribution in [2.45, 2.75) is 19.5 Å². The molecule has 0 unspecified atom stereocenters. The van der Waals surface area contributed by atoms with Crippen molar-refractivity contribution in [3.05, 3.63) is 77.5 Å². The molecule has 0 fully saturated rings. The number of hydrogen-bond acceptors (Lipinski definition) is 5. The second-order valence-corrected chi connectivity index (χ2v) is 6.93. The average molecular weight is 373 g/mol. The number of aliphatic imine (C=N–C) groups is 1. The minimum atomic E-state index is -0.164. The molecule has 0 saturated carbocycles. The molecule has 1 aliphatic rings. The van der Waals surface area contributed by atoms with Gasteiger partial charge in [0.05, 0.1) is 6.54 Å². The minimum Gasteiger partial charge on any atom is -0.508 e.